The van der Waals surface area contributed by atoms with Gasteiger partial charge in [0.25, 0.3) is 0 Å². The number of carbonyl (C=O) groups excluding carboxylic acids is 1. The van der Waals surface area contributed by atoms with E-state index < -0.39 is 30.3 Å². The first kappa shape index (κ1) is 24.2. The van der Waals surface area contributed by atoms with Gasteiger partial charge in [-0.05, 0) is 53.9 Å². The van der Waals surface area contributed by atoms with Crippen LogP contribution in [0.4, 0.5) is 27.6 Å². The number of carbonyl (C=O) groups is 1. The Kier molecular flexibility index (Phi) is 7.65. The number of hydrogen-bond donors (Lipinski definition) is 1. The minimum atomic E-state index is -4.44. The molecular weight excluding hydrogens is 443 g/mol. The van der Waals surface area contributed by atoms with Gasteiger partial charge in [0.2, 0.25) is 5.91 Å². The number of rotatable bonds is 8. The highest BCUT2D eigenvalue weighted by Gasteiger charge is 2.30. The lowest BCUT2D eigenvalue weighted by molar-refractivity contribution is -0.137. The van der Waals surface area contributed by atoms with E-state index in [2.05, 4.69) is 4.74 Å². The molecule has 0 radical (unpaired) electrons. The van der Waals surface area contributed by atoms with Crippen LogP contribution < -0.4 is 15.4 Å². The van der Waals surface area contributed by atoms with Crippen molar-refractivity contribution in [2.45, 2.75) is 25.3 Å². The summed E-state index contributed by atoms with van der Waals surface area (Å²) in [5, 5.41) is 0. The number of anilines is 1. The van der Waals surface area contributed by atoms with E-state index in [0.717, 1.165) is 12.1 Å². The van der Waals surface area contributed by atoms with Crippen molar-refractivity contribution < 1.29 is 31.5 Å². The molecule has 0 heterocycles. The first-order chi connectivity index (χ1) is 15.6. The Bertz CT molecular complexity index is 1040. The maximum atomic E-state index is 13.2. The molecule has 174 valence electrons. The third-order valence-electron chi connectivity index (χ3n) is 4.97. The Labute approximate surface area is 187 Å². The van der Waals surface area contributed by atoms with Gasteiger partial charge in [-0.1, -0.05) is 42.5 Å². The molecule has 1 amide bonds. The number of nitrogens with zero attached hydrogens (tertiary/aromatic N) is 1. The highest BCUT2D eigenvalue weighted by molar-refractivity contribution is 5.97. The summed E-state index contributed by atoms with van der Waals surface area (Å²) >= 11 is 0. The molecule has 3 aromatic rings. The van der Waals surface area contributed by atoms with Gasteiger partial charge in [-0.15, -0.1) is 0 Å². The molecule has 2 N–H and O–H groups in total. The minimum absolute atomic E-state index is 0.0729. The van der Waals surface area contributed by atoms with E-state index in [1.165, 1.54) is 41.3 Å². The molecule has 3 rings (SSSR count). The van der Waals surface area contributed by atoms with Crippen molar-refractivity contribution in [1.29, 1.82) is 0 Å². The van der Waals surface area contributed by atoms with Crippen LogP contribution in [0.25, 0.3) is 0 Å². The summed E-state index contributed by atoms with van der Waals surface area (Å²) in [6, 6.07) is 17.8. The highest BCUT2D eigenvalue weighted by atomic mass is 19.4. The molecule has 0 bridgehead atoms. The normalized spacial score (nSPS) is 12.5. The number of halogens is 5. The number of benzene rings is 3. The van der Waals surface area contributed by atoms with Crippen LogP contribution in [-0.4, -0.2) is 19.1 Å². The predicted octanol–water partition coefficient (Wildman–Crippen LogP) is 5.58. The van der Waals surface area contributed by atoms with Gasteiger partial charge in [0.05, 0.1) is 5.56 Å². The molecule has 0 saturated carbocycles. The van der Waals surface area contributed by atoms with Crippen molar-refractivity contribution in [3.8, 4) is 5.75 Å². The molecule has 0 aliphatic rings. The molecule has 1 atom stereocenters. The van der Waals surface area contributed by atoms with Gasteiger partial charge < -0.3 is 15.4 Å². The van der Waals surface area contributed by atoms with Gasteiger partial charge in [-0.25, -0.2) is 0 Å². The number of ether oxygens (including phenoxy) is 1. The third kappa shape index (κ3) is 6.52. The predicted molar refractivity (Wildman–Crippen MR) is 114 cm³/mol. The largest absolute Gasteiger partial charge is 0.435 e. The van der Waals surface area contributed by atoms with E-state index in [4.69, 9.17) is 5.73 Å². The second-order valence-electron chi connectivity index (χ2n) is 7.20. The van der Waals surface area contributed by atoms with Crippen molar-refractivity contribution in [2.75, 3.05) is 11.4 Å². The standard InChI is InChI=1S/C24H21F5N2O2/c25-23(26)33-20-12-10-19(11-13-20)31(22(32)21(30)17-4-2-1-3-5-17)15-14-16-6-8-18(9-7-16)24(27,28)29/h1-13,21,23H,14-15,30H2. The van der Waals surface area contributed by atoms with Crippen molar-refractivity contribution in [1.82, 2.24) is 0 Å². The molecule has 4 nitrogen and oxygen atoms in total. The van der Waals surface area contributed by atoms with Crippen molar-refractivity contribution in [3.05, 3.63) is 95.6 Å². The second-order valence-corrected chi connectivity index (χ2v) is 7.20. The van der Waals surface area contributed by atoms with Gasteiger partial charge in [0, 0.05) is 12.2 Å². The van der Waals surface area contributed by atoms with Gasteiger partial charge in [-0.3, -0.25) is 4.79 Å². The van der Waals surface area contributed by atoms with E-state index >= 15 is 0 Å². The molecule has 1 unspecified atom stereocenters. The van der Waals surface area contributed by atoms with Crippen LogP contribution in [0, 0.1) is 0 Å². The van der Waals surface area contributed by atoms with Crippen molar-refractivity contribution in [3.63, 3.8) is 0 Å². The van der Waals surface area contributed by atoms with Gasteiger partial charge in [-0.2, -0.15) is 22.0 Å². The lowest BCUT2D eigenvalue weighted by Crippen LogP contribution is -2.40. The van der Waals surface area contributed by atoms with Crippen LogP contribution in [0.2, 0.25) is 0 Å². The molecule has 3 aromatic carbocycles. The van der Waals surface area contributed by atoms with Crippen LogP contribution in [0.1, 0.15) is 22.7 Å². The van der Waals surface area contributed by atoms with E-state index in [9.17, 15) is 26.7 Å². The van der Waals surface area contributed by atoms with Gasteiger partial charge >= 0.3 is 12.8 Å². The fourth-order valence-corrected chi connectivity index (χ4v) is 3.25. The summed E-state index contributed by atoms with van der Waals surface area (Å²) in [7, 11) is 0. The molecule has 0 spiro atoms. The summed E-state index contributed by atoms with van der Waals surface area (Å²) < 4.78 is 67.6. The van der Waals surface area contributed by atoms with Gasteiger partial charge in [0.1, 0.15) is 11.8 Å². The smallest absolute Gasteiger partial charge is 0.416 e. The van der Waals surface area contributed by atoms with E-state index in [1.807, 2.05) is 0 Å². The number of nitrogens with two attached hydrogens (primary N) is 1. The lowest BCUT2D eigenvalue weighted by Gasteiger charge is -2.26. The highest BCUT2D eigenvalue weighted by Crippen LogP contribution is 2.29. The number of alkyl halides is 5. The Morgan fingerprint density at radius 1 is 0.909 bits per heavy atom. The molecule has 0 aromatic heterocycles. The maximum Gasteiger partial charge on any atom is 0.416 e. The Balaban J connectivity index is 1.82. The van der Waals surface area contributed by atoms with Crippen LogP contribution in [0.3, 0.4) is 0 Å². The van der Waals surface area contributed by atoms with E-state index in [-0.39, 0.29) is 18.7 Å². The monoisotopic (exact) mass is 464 g/mol. The van der Waals surface area contributed by atoms with Crippen LogP contribution in [0.5, 0.6) is 5.75 Å². The molecule has 0 aliphatic heterocycles. The zero-order chi connectivity index (χ0) is 24.0. The van der Waals surface area contributed by atoms with Crippen LogP contribution in [-0.2, 0) is 17.4 Å². The molecular formula is C24H21F5N2O2. The average molecular weight is 464 g/mol. The topological polar surface area (TPSA) is 55.6 Å². The first-order valence-electron chi connectivity index (χ1n) is 9.98. The Morgan fingerprint density at radius 2 is 1.52 bits per heavy atom. The fraction of sp³-hybridized carbons (Fsp3) is 0.208. The van der Waals surface area contributed by atoms with Gasteiger partial charge in [0.15, 0.2) is 0 Å². The summed E-state index contributed by atoms with van der Waals surface area (Å²) in [6.07, 6.45) is -4.19. The average Bonchev–Trinajstić information content (AvgIpc) is 2.79. The van der Waals surface area contributed by atoms with Crippen molar-refractivity contribution >= 4 is 11.6 Å². The molecule has 33 heavy (non-hydrogen) atoms. The SMILES string of the molecule is NC(C(=O)N(CCc1ccc(C(F)(F)F)cc1)c1ccc(OC(F)F)cc1)c1ccccc1. The lowest BCUT2D eigenvalue weighted by atomic mass is 10.0. The van der Waals surface area contributed by atoms with Crippen LogP contribution in [0.15, 0.2) is 78.9 Å². The number of hydrogen-bond acceptors (Lipinski definition) is 3. The summed E-state index contributed by atoms with van der Waals surface area (Å²) in [6.45, 7) is -2.88. The summed E-state index contributed by atoms with van der Waals surface area (Å²) in [5.41, 5.74) is 6.97. The molecule has 0 saturated heterocycles. The van der Waals surface area contributed by atoms with Crippen LogP contribution >= 0.6 is 0 Å². The quantitative estimate of drug-likeness (QED) is 0.443. The molecule has 0 aliphatic carbocycles. The fourth-order valence-electron chi connectivity index (χ4n) is 3.25. The first-order valence-corrected chi connectivity index (χ1v) is 9.98. The minimum Gasteiger partial charge on any atom is -0.435 e. The zero-order valence-electron chi connectivity index (χ0n) is 17.3. The Morgan fingerprint density at radius 3 is 2.06 bits per heavy atom. The van der Waals surface area contributed by atoms with E-state index in [0.29, 0.717) is 16.8 Å². The maximum absolute atomic E-state index is 13.2. The summed E-state index contributed by atoms with van der Waals surface area (Å²) in [4.78, 5) is 14.6. The van der Waals surface area contributed by atoms with Crippen molar-refractivity contribution in [2.24, 2.45) is 5.73 Å². The number of amides is 1. The third-order valence-corrected chi connectivity index (χ3v) is 4.97. The Hall–Kier alpha value is -3.46. The summed E-state index contributed by atoms with van der Waals surface area (Å²) in [5.74, 6) is -0.521. The molecule has 9 heteroatoms. The van der Waals surface area contributed by atoms with E-state index in [1.54, 1.807) is 30.3 Å². The zero-order valence-corrected chi connectivity index (χ0v) is 17.3. The second kappa shape index (κ2) is 10.4. The molecule has 0 fully saturated rings.